The summed E-state index contributed by atoms with van der Waals surface area (Å²) in [6.07, 6.45) is 3.34. The molecule has 1 aromatic carbocycles. The molecule has 1 N–H and O–H groups in total. The Morgan fingerprint density at radius 1 is 1.19 bits per heavy atom. The Balaban J connectivity index is 1.77. The highest BCUT2D eigenvalue weighted by molar-refractivity contribution is 5.97. The van der Waals surface area contributed by atoms with Gasteiger partial charge in [0.1, 0.15) is 11.2 Å². The molecular formula is C21H23N3O2. The maximum Gasteiger partial charge on any atom is 0.265 e. The topological polar surface area (TPSA) is 64.0 Å². The number of rotatable bonds is 6. The van der Waals surface area contributed by atoms with Gasteiger partial charge in [0.05, 0.1) is 0 Å². The van der Waals surface area contributed by atoms with Gasteiger partial charge in [-0.1, -0.05) is 30.3 Å². The van der Waals surface area contributed by atoms with E-state index >= 15 is 0 Å². The van der Waals surface area contributed by atoms with Crippen molar-refractivity contribution >= 4 is 16.9 Å². The molecule has 0 aliphatic rings. The fourth-order valence-electron chi connectivity index (χ4n) is 3.06. The monoisotopic (exact) mass is 349 g/mol. The lowest BCUT2D eigenvalue weighted by Crippen LogP contribution is -2.38. The van der Waals surface area contributed by atoms with Crippen LogP contribution in [0.2, 0.25) is 0 Å². The highest BCUT2D eigenvalue weighted by atomic mass is 16.2. The Bertz CT molecular complexity index is 964. The van der Waals surface area contributed by atoms with Crippen LogP contribution >= 0.6 is 0 Å². The van der Waals surface area contributed by atoms with E-state index in [1.54, 1.807) is 22.9 Å². The molecule has 1 atom stereocenters. The van der Waals surface area contributed by atoms with Crippen LogP contribution in [0.3, 0.4) is 0 Å². The Labute approximate surface area is 152 Å². The fraction of sp³-hybridized carbons (Fsp3) is 0.286. The Hall–Kier alpha value is -2.95. The summed E-state index contributed by atoms with van der Waals surface area (Å²) in [4.78, 5) is 29.6. The average Bonchev–Trinajstić information content (AvgIpc) is 2.66. The Morgan fingerprint density at radius 2 is 1.96 bits per heavy atom. The number of carbonyl (C=O) groups excluding carboxylic acids is 1. The van der Waals surface area contributed by atoms with Gasteiger partial charge in [0.2, 0.25) is 0 Å². The van der Waals surface area contributed by atoms with Crippen LogP contribution in [0.4, 0.5) is 0 Å². The first-order valence-corrected chi connectivity index (χ1v) is 8.93. The zero-order chi connectivity index (χ0) is 18.5. The molecule has 0 saturated carbocycles. The molecule has 0 aliphatic heterocycles. The molecule has 3 aromatic rings. The minimum atomic E-state index is -0.330. The van der Waals surface area contributed by atoms with Gasteiger partial charge in [-0.3, -0.25) is 14.2 Å². The van der Waals surface area contributed by atoms with Crippen molar-refractivity contribution in [1.29, 1.82) is 0 Å². The van der Waals surface area contributed by atoms with Gasteiger partial charge in [0.15, 0.2) is 0 Å². The van der Waals surface area contributed by atoms with E-state index in [0.29, 0.717) is 12.2 Å². The molecule has 134 valence electrons. The summed E-state index contributed by atoms with van der Waals surface area (Å²) in [5, 5.41) is 3.74. The molecule has 2 aromatic heterocycles. The highest BCUT2D eigenvalue weighted by Crippen LogP contribution is 2.11. The first-order valence-electron chi connectivity index (χ1n) is 8.93. The number of aryl methyl sites for hydroxylation is 2. The van der Waals surface area contributed by atoms with Gasteiger partial charge in [0, 0.05) is 24.2 Å². The number of nitrogens with one attached hydrogen (secondary N) is 1. The summed E-state index contributed by atoms with van der Waals surface area (Å²) in [6.45, 7) is 4.30. The smallest absolute Gasteiger partial charge is 0.265 e. The minimum absolute atomic E-state index is 0.0261. The predicted octanol–water partition coefficient (Wildman–Crippen LogP) is 3.17. The van der Waals surface area contributed by atoms with Crippen molar-refractivity contribution in [3.8, 4) is 0 Å². The van der Waals surface area contributed by atoms with Crippen molar-refractivity contribution in [1.82, 2.24) is 14.9 Å². The first-order chi connectivity index (χ1) is 12.6. The van der Waals surface area contributed by atoms with Gasteiger partial charge in [-0.25, -0.2) is 4.98 Å². The number of nitrogens with zero attached hydrogens (tertiary/aromatic N) is 2. The number of amides is 1. The molecule has 0 saturated heterocycles. The molecule has 26 heavy (non-hydrogen) atoms. The molecule has 3 rings (SSSR count). The lowest BCUT2D eigenvalue weighted by atomic mass is 10.1. The predicted molar refractivity (Wildman–Crippen MR) is 103 cm³/mol. The third-order valence-electron chi connectivity index (χ3n) is 4.50. The van der Waals surface area contributed by atoms with Gasteiger partial charge in [0.25, 0.3) is 11.5 Å². The van der Waals surface area contributed by atoms with E-state index in [1.165, 1.54) is 5.56 Å². The average molecular weight is 349 g/mol. The summed E-state index contributed by atoms with van der Waals surface area (Å²) >= 11 is 0. The number of hydrogen-bond donors (Lipinski definition) is 1. The molecule has 1 amide bonds. The van der Waals surface area contributed by atoms with Gasteiger partial charge < -0.3 is 5.32 Å². The summed E-state index contributed by atoms with van der Waals surface area (Å²) in [6, 6.07) is 15.4. The summed E-state index contributed by atoms with van der Waals surface area (Å²) < 4.78 is 1.54. The standard InChI is InChI=1S/C21H23N3O2/c1-3-24-19-17(10-7-13-22-19)14-18(21(24)26)20(25)23-15(2)11-12-16-8-5-4-6-9-16/h4-10,13-15H,3,11-12H2,1-2H3,(H,23,25)/t15-/m1/s1. The van der Waals surface area contributed by atoms with Crippen LogP contribution in [0.1, 0.15) is 36.2 Å². The third-order valence-corrected chi connectivity index (χ3v) is 4.50. The van der Waals surface area contributed by atoms with E-state index in [0.717, 1.165) is 18.2 Å². The van der Waals surface area contributed by atoms with E-state index in [-0.39, 0.29) is 23.1 Å². The first kappa shape index (κ1) is 17.9. The molecule has 0 aliphatic carbocycles. The Kier molecular flexibility index (Phi) is 5.46. The van der Waals surface area contributed by atoms with Crippen LogP contribution in [0.15, 0.2) is 59.5 Å². The molecule has 5 heteroatoms. The number of fused-ring (bicyclic) bond motifs is 1. The number of pyridine rings is 2. The van der Waals surface area contributed by atoms with Crippen LogP contribution < -0.4 is 10.9 Å². The van der Waals surface area contributed by atoms with Crippen molar-refractivity contribution in [2.75, 3.05) is 0 Å². The van der Waals surface area contributed by atoms with Gasteiger partial charge in [-0.15, -0.1) is 0 Å². The second kappa shape index (κ2) is 7.95. The van der Waals surface area contributed by atoms with Crippen LogP contribution in [0.25, 0.3) is 11.0 Å². The van der Waals surface area contributed by atoms with E-state index in [4.69, 9.17) is 0 Å². The van der Waals surface area contributed by atoms with Gasteiger partial charge in [-0.05, 0) is 50.5 Å². The van der Waals surface area contributed by atoms with E-state index in [9.17, 15) is 9.59 Å². The Morgan fingerprint density at radius 3 is 2.69 bits per heavy atom. The second-order valence-electron chi connectivity index (χ2n) is 6.42. The quantitative estimate of drug-likeness (QED) is 0.743. The van der Waals surface area contributed by atoms with Crippen LogP contribution in [0.5, 0.6) is 0 Å². The summed E-state index contributed by atoms with van der Waals surface area (Å²) in [5.74, 6) is -0.330. The van der Waals surface area contributed by atoms with Crippen molar-refractivity contribution < 1.29 is 4.79 Å². The van der Waals surface area contributed by atoms with Crippen LogP contribution in [-0.4, -0.2) is 21.5 Å². The van der Waals surface area contributed by atoms with Crippen LogP contribution in [0, 0.1) is 0 Å². The zero-order valence-corrected chi connectivity index (χ0v) is 15.1. The number of benzene rings is 1. The van der Waals surface area contributed by atoms with E-state index in [1.807, 2.05) is 38.1 Å². The van der Waals surface area contributed by atoms with E-state index in [2.05, 4.69) is 22.4 Å². The number of carbonyl (C=O) groups is 1. The van der Waals surface area contributed by atoms with E-state index < -0.39 is 0 Å². The van der Waals surface area contributed by atoms with Crippen molar-refractivity contribution in [2.24, 2.45) is 0 Å². The molecule has 2 heterocycles. The molecule has 0 spiro atoms. The fourth-order valence-corrected chi connectivity index (χ4v) is 3.06. The van der Waals surface area contributed by atoms with Crippen molar-refractivity contribution in [3.63, 3.8) is 0 Å². The highest BCUT2D eigenvalue weighted by Gasteiger charge is 2.17. The molecule has 0 radical (unpaired) electrons. The largest absolute Gasteiger partial charge is 0.349 e. The third kappa shape index (κ3) is 3.82. The minimum Gasteiger partial charge on any atom is -0.349 e. The maximum absolute atomic E-state index is 12.7. The normalized spacial score (nSPS) is 12.1. The lowest BCUT2D eigenvalue weighted by Gasteiger charge is -2.15. The molecule has 5 nitrogen and oxygen atoms in total. The van der Waals surface area contributed by atoms with Gasteiger partial charge >= 0.3 is 0 Å². The van der Waals surface area contributed by atoms with Gasteiger partial charge in [-0.2, -0.15) is 0 Å². The SMILES string of the molecule is CCn1c(=O)c(C(=O)N[C@H](C)CCc2ccccc2)cc2cccnc21. The summed E-state index contributed by atoms with van der Waals surface area (Å²) in [7, 11) is 0. The number of aromatic nitrogens is 2. The van der Waals surface area contributed by atoms with Crippen molar-refractivity contribution in [3.05, 3.63) is 76.2 Å². The lowest BCUT2D eigenvalue weighted by molar-refractivity contribution is 0.0936. The number of hydrogen-bond acceptors (Lipinski definition) is 3. The molecule has 0 bridgehead atoms. The van der Waals surface area contributed by atoms with Crippen molar-refractivity contribution in [2.45, 2.75) is 39.3 Å². The molecule has 0 unspecified atom stereocenters. The van der Waals surface area contributed by atoms with Crippen LogP contribution in [-0.2, 0) is 13.0 Å². The second-order valence-corrected chi connectivity index (χ2v) is 6.42. The maximum atomic E-state index is 12.7. The molecule has 0 fully saturated rings. The molecular weight excluding hydrogens is 326 g/mol. The summed E-state index contributed by atoms with van der Waals surface area (Å²) in [5.41, 5.74) is 1.71. The zero-order valence-electron chi connectivity index (χ0n) is 15.1.